The maximum Gasteiger partial charge on any atom is 0.142 e. The van der Waals surface area contributed by atoms with Crippen molar-refractivity contribution in [1.82, 2.24) is 24.5 Å². The third-order valence-electron chi connectivity index (χ3n) is 4.09. The van der Waals surface area contributed by atoms with Crippen molar-refractivity contribution in [2.24, 2.45) is 7.05 Å². The lowest BCUT2D eigenvalue weighted by Gasteiger charge is -2.09. The Morgan fingerprint density at radius 2 is 2.00 bits per heavy atom. The molecular formula is C17H19N7. The van der Waals surface area contributed by atoms with Gasteiger partial charge in [0.15, 0.2) is 0 Å². The summed E-state index contributed by atoms with van der Waals surface area (Å²) in [7, 11) is 1.83. The van der Waals surface area contributed by atoms with Crippen LogP contribution in [0.4, 0.5) is 5.82 Å². The molecule has 0 spiro atoms. The highest BCUT2D eigenvalue weighted by Gasteiger charge is 2.19. The summed E-state index contributed by atoms with van der Waals surface area (Å²) in [6.07, 6.45) is 1.83. The van der Waals surface area contributed by atoms with Crippen LogP contribution in [0.3, 0.4) is 0 Å². The van der Waals surface area contributed by atoms with Gasteiger partial charge >= 0.3 is 0 Å². The van der Waals surface area contributed by atoms with E-state index in [1.807, 2.05) is 50.8 Å². The van der Waals surface area contributed by atoms with Crippen LogP contribution < -0.4 is 5.73 Å². The number of nitriles is 1. The predicted molar refractivity (Wildman–Crippen MR) is 91.9 cm³/mol. The molecule has 122 valence electrons. The number of nitrogens with zero attached hydrogens (tertiary/aromatic N) is 6. The Hall–Kier alpha value is -3.14. The van der Waals surface area contributed by atoms with Crippen LogP contribution in [0.2, 0.25) is 0 Å². The fourth-order valence-corrected chi connectivity index (χ4v) is 2.95. The zero-order chi connectivity index (χ0) is 17.4. The molecule has 0 aliphatic rings. The molecule has 0 amide bonds. The van der Waals surface area contributed by atoms with E-state index in [-0.39, 0.29) is 5.82 Å². The van der Waals surface area contributed by atoms with Crippen LogP contribution in [-0.4, -0.2) is 24.5 Å². The number of aromatic nitrogens is 5. The van der Waals surface area contributed by atoms with Crippen LogP contribution >= 0.6 is 0 Å². The highest BCUT2D eigenvalue weighted by atomic mass is 15.3. The van der Waals surface area contributed by atoms with Crippen molar-refractivity contribution >= 4 is 5.82 Å². The SMILES string of the molecule is CCn1nc(C)c(-c2cc(-c3ccn(C)n3)c(C#N)c(N)n2)c1C. The van der Waals surface area contributed by atoms with E-state index in [0.717, 1.165) is 23.5 Å². The minimum absolute atomic E-state index is 0.207. The first-order valence-electron chi connectivity index (χ1n) is 7.71. The lowest BCUT2D eigenvalue weighted by Crippen LogP contribution is -2.02. The molecule has 3 heterocycles. The number of hydrogen-bond donors (Lipinski definition) is 1. The zero-order valence-corrected chi connectivity index (χ0v) is 14.2. The molecule has 0 atom stereocenters. The van der Waals surface area contributed by atoms with Gasteiger partial charge in [0.2, 0.25) is 0 Å². The zero-order valence-electron chi connectivity index (χ0n) is 14.2. The van der Waals surface area contributed by atoms with Gasteiger partial charge in [-0.25, -0.2) is 4.98 Å². The number of rotatable bonds is 3. The molecule has 7 heteroatoms. The van der Waals surface area contributed by atoms with Gasteiger partial charge in [0.1, 0.15) is 17.5 Å². The van der Waals surface area contributed by atoms with Gasteiger partial charge in [0.25, 0.3) is 0 Å². The number of pyridine rings is 1. The monoisotopic (exact) mass is 321 g/mol. The summed E-state index contributed by atoms with van der Waals surface area (Å²) in [5.41, 5.74) is 11.4. The van der Waals surface area contributed by atoms with Crippen molar-refractivity contribution in [3.63, 3.8) is 0 Å². The highest BCUT2D eigenvalue weighted by Crippen LogP contribution is 2.32. The first kappa shape index (κ1) is 15.7. The molecule has 0 aliphatic carbocycles. The second-order valence-electron chi connectivity index (χ2n) is 5.66. The summed E-state index contributed by atoms with van der Waals surface area (Å²) in [6.45, 7) is 6.79. The van der Waals surface area contributed by atoms with E-state index in [4.69, 9.17) is 5.73 Å². The molecule has 0 saturated carbocycles. The Balaban J connectivity index is 2.27. The molecule has 0 saturated heterocycles. The van der Waals surface area contributed by atoms with Crippen molar-refractivity contribution < 1.29 is 0 Å². The third kappa shape index (κ3) is 2.42. The Kier molecular flexibility index (Phi) is 3.81. The molecule has 24 heavy (non-hydrogen) atoms. The minimum atomic E-state index is 0.207. The van der Waals surface area contributed by atoms with Crippen LogP contribution in [0.25, 0.3) is 22.5 Å². The highest BCUT2D eigenvalue weighted by molar-refractivity contribution is 5.79. The molecular weight excluding hydrogens is 302 g/mol. The lowest BCUT2D eigenvalue weighted by molar-refractivity contribution is 0.634. The Morgan fingerprint density at radius 3 is 2.54 bits per heavy atom. The van der Waals surface area contributed by atoms with E-state index < -0.39 is 0 Å². The normalized spacial score (nSPS) is 10.8. The maximum atomic E-state index is 9.46. The Bertz CT molecular complexity index is 956. The molecule has 7 nitrogen and oxygen atoms in total. The van der Waals surface area contributed by atoms with Gasteiger partial charge in [0, 0.05) is 36.6 Å². The molecule has 3 aromatic rings. The molecule has 0 aromatic carbocycles. The van der Waals surface area contributed by atoms with Crippen molar-refractivity contribution in [3.05, 3.63) is 35.3 Å². The smallest absolute Gasteiger partial charge is 0.142 e. The van der Waals surface area contributed by atoms with Crippen LogP contribution in [0.5, 0.6) is 0 Å². The summed E-state index contributed by atoms with van der Waals surface area (Å²) in [5.74, 6) is 0.207. The van der Waals surface area contributed by atoms with E-state index in [0.29, 0.717) is 22.5 Å². The van der Waals surface area contributed by atoms with Gasteiger partial charge in [-0.3, -0.25) is 9.36 Å². The van der Waals surface area contributed by atoms with Gasteiger partial charge in [-0.2, -0.15) is 15.5 Å². The molecule has 3 rings (SSSR count). The summed E-state index contributed by atoms with van der Waals surface area (Å²) >= 11 is 0. The van der Waals surface area contributed by atoms with Crippen LogP contribution in [0.15, 0.2) is 18.3 Å². The van der Waals surface area contributed by atoms with Crippen molar-refractivity contribution in [3.8, 4) is 28.6 Å². The molecule has 0 unspecified atom stereocenters. The van der Waals surface area contributed by atoms with E-state index in [1.165, 1.54) is 0 Å². The maximum absolute atomic E-state index is 9.46. The van der Waals surface area contributed by atoms with Crippen molar-refractivity contribution in [2.75, 3.05) is 5.73 Å². The quantitative estimate of drug-likeness (QED) is 0.799. The summed E-state index contributed by atoms with van der Waals surface area (Å²) < 4.78 is 3.62. The molecule has 0 fully saturated rings. The fourth-order valence-electron chi connectivity index (χ4n) is 2.95. The third-order valence-corrected chi connectivity index (χ3v) is 4.09. The van der Waals surface area contributed by atoms with Gasteiger partial charge in [0.05, 0.1) is 17.1 Å². The van der Waals surface area contributed by atoms with Crippen LogP contribution in [-0.2, 0) is 13.6 Å². The molecule has 3 aromatic heterocycles. The van der Waals surface area contributed by atoms with Gasteiger partial charge < -0.3 is 5.73 Å². The summed E-state index contributed by atoms with van der Waals surface area (Å²) in [5, 5.41) is 18.4. The van der Waals surface area contributed by atoms with Gasteiger partial charge in [-0.05, 0) is 32.9 Å². The minimum Gasteiger partial charge on any atom is -0.383 e. The Labute approximate surface area is 140 Å². The number of hydrogen-bond acceptors (Lipinski definition) is 5. The first-order chi connectivity index (χ1) is 11.5. The molecule has 2 N–H and O–H groups in total. The first-order valence-corrected chi connectivity index (χ1v) is 7.71. The van der Waals surface area contributed by atoms with E-state index in [2.05, 4.69) is 21.3 Å². The second-order valence-corrected chi connectivity index (χ2v) is 5.66. The summed E-state index contributed by atoms with van der Waals surface area (Å²) in [6, 6.07) is 5.86. The average Bonchev–Trinajstić information content (AvgIpc) is 3.09. The molecule has 0 aliphatic heterocycles. The van der Waals surface area contributed by atoms with E-state index in [9.17, 15) is 5.26 Å². The number of anilines is 1. The second kappa shape index (κ2) is 5.81. The molecule has 0 bridgehead atoms. The largest absolute Gasteiger partial charge is 0.383 e. The predicted octanol–water partition coefficient (Wildman–Crippen LogP) is 2.44. The van der Waals surface area contributed by atoms with Gasteiger partial charge in [-0.15, -0.1) is 0 Å². The topological polar surface area (TPSA) is 98.3 Å². The number of nitrogens with two attached hydrogens (primary N) is 1. The Morgan fingerprint density at radius 1 is 1.25 bits per heavy atom. The lowest BCUT2D eigenvalue weighted by atomic mass is 10.0. The number of nitrogen functional groups attached to an aromatic ring is 1. The van der Waals surface area contributed by atoms with Gasteiger partial charge in [-0.1, -0.05) is 0 Å². The summed E-state index contributed by atoms with van der Waals surface area (Å²) in [4.78, 5) is 4.44. The van der Waals surface area contributed by atoms with E-state index in [1.54, 1.807) is 4.68 Å². The van der Waals surface area contributed by atoms with Crippen molar-refractivity contribution in [1.29, 1.82) is 5.26 Å². The standard InChI is InChI=1S/C17H19N7/c1-5-24-11(3)16(10(2)21-24)15-8-12(13(9-18)17(19)20-15)14-6-7-23(4)22-14/h6-8H,5H2,1-4H3,(H2,19,20). The number of aryl methyl sites for hydroxylation is 3. The van der Waals surface area contributed by atoms with Crippen LogP contribution in [0.1, 0.15) is 23.9 Å². The molecule has 0 radical (unpaired) electrons. The average molecular weight is 321 g/mol. The fraction of sp³-hybridized carbons (Fsp3) is 0.294. The van der Waals surface area contributed by atoms with Crippen molar-refractivity contribution in [2.45, 2.75) is 27.3 Å². The van der Waals surface area contributed by atoms with Crippen LogP contribution in [0, 0.1) is 25.2 Å². The van der Waals surface area contributed by atoms with E-state index >= 15 is 0 Å².